The zero-order valence-corrected chi connectivity index (χ0v) is 14.6. The maximum atomic E-state index is 12.5. The number of hydrogen-bond acceptors (Lipinski definition) is 5. The fourth-order valence-electron chi connectivity index (χ4n) is 2.04. The van der Waals surface area contributed by atoms with E-state index in [9.17, 15) is 13.6 Å². The zero-order valence-electron chi connectivity index (χ0n) is 13.7. The van der Waals surface area contributed by atoms with Gasteiger partial charge in [0, 0.05) is 30.6 Å². The van der Waals surface area contributed by atoms with Crippen LogP contribution in [-0.4, -0.2) is 50.7 Å². The lowest BCUT2D eigenvalue weighted by molar-refractivity contribution is 0.119. The molecule has 2 rings (SSSR count). The van der Waals surface area contributed by atoms with E-state index >= 15 is 0 Å². The van der Waals surface area contributed by atoms with Crippen LogP contribution in [0, 0.1) is 6.92 Å². The highest BCUT2D eigenvalue weighted by Gasteiger charge is 2.17. The van der Waals surface area contributed by atoms with Gasteiger partial charge in [0.2, 0.25) is 0 Å². The number of aromatic nitrogens is 4. The first-order valence-corrected chi connectivity index (χ1v) is 8.24. The molecule has 0 saturated carbocycles. The number of thiazole rings is 1. The lowest BCUT2D eigenvalue weighted by Crippen LogP contribution is -2.39. The van der Waals surface area contributed by atoms with Crippen molar-refractivity contribution < 1.29 is 13.6 Å². The van der Waals surface area contributed by atoms with E-state index in [0.29, 0.717) is 12.4 Å². The third kappa shape index (κ3) is 4.95. The monoisotopic (exact) mass is 358 g/mol. The largest absolute Gasteiger partial charge is 0.337 e. The Labute approximate surface area is 142 Å². The quantitative estimate of drug-likeness (QED) is 0.824. The van der Waals surface area contributed by atoms with Crippen molar-refractivity contribution in [2.45, 2.75) is 39.3 Å². The minimum absolute atomic E-state index is 0.100. The van der Waals surface area contributed by atoms with Crippen LogP contribution in [-0.2, 0) is 13.1 Å². The van der Waals surface area contributed by atoms with Gasteiger partial charge in [0.25, 0.3) is 6.43 Å². The van der Waals surface area contributed by atoms with Gasteiger partial charge in [-0.1, -0.05) is 6.92 Å². The smallest absolute Gasteiger partial charge is 0.317 e. The summed E-state index contributed by atoms with van der Waals surface area (Å²) in [5, 5.41) is 7.52. The number of aryl methyl sites for hydroxylation is 1. The number of halogens is 2. The van der Waals surface area contributed by atoms with Gasteiger partial charge in [-0.25, -0.2) is 28.2 Å². The number of nitrogens with zero attached hydrogens (tertiary/aromatic N) is 5. The molecule has 0 aliphatic heterocycles. The third-order valence-electron chi connectivity index (χ3n) is 3.35. The summed E-state index contributed by atoms with van der Waals surface area (Å²) in [4.78, 5) is 22.9. The summed E-state index contributed by atoms with van der Waals surface area (Å²) < 4.78 is 26.0. The highest BCUT2D eigenvalue weighted by Crippen LogP contribution is 2.20. The average molecular weight is 358 g/mol. The zero-order chi connectivity index (χ0) is 17.7. The topological polar surface area (TPSA) is 75.9 Å². The lowest BCUT2D eigenvalue weighted by Gasteiger charge is -2.19. The Morgan fingerprint density at radius 2 is 2.21 bits per heavy atom. The van der Waals surface area contributed by atoms with Gasteiger partial charge < -0.3 is 10.2 Å². The van der Waals surface area contributed by atoms with E-state index in [-0.39, 0.29) is 18.5 Å². The number of rotatable bonds is 7. The van der Waals surface area contributed by atoms with Crippen molar-refractivity contribution in [1.29, 1.82) is 0 Å². The molecule has 0 aromatic carbocycles. The molecule has 0 fully saturated rings. The lowest BCUT2D eigenvalue weighted by atomic mass is 10.2. The molecule has 0 spiro atoms. The van der Waals surface area contributed by atoms with Crippen molar-refractivity contribution in [1.82, 2.24) is 30.0 Å². The van der Waals surface area contributed by atoms with Crippen LogP contribution in [0.2, 0.25) is 0 Å². The van der Waals surface area contributed by atoms with Crippen LogP contribution in [0.1, 0.15) is 28.6 Å². The molecule has 10 heteroatoms. The summed E-state index contributed by atoms with van der Waals surface area (Å²) >= 11 is 1.60. The molecule has 0 radical (unpaired) electrons. The van der Waals surface area contributed by atoms with Crippen LogP contribution < -0.4 is 5.32 Å². The molecule has 2 heterocycles. The summed E-state index contributed by atoms with van der Waals surface area (Å²) in [6.45, 7) is 3.97. The van der Waals surface area contributed by atoms with Crippen LogP contribution >= 0.6 is 11.3 Å². The van der Waals surface area contributed by atoms with E-state index in [0.717, 1.165) is 14.6 Å². The number of urea groups is 1. The Kier molecular flexibility index (Phi) is 6.18. The van der Waals surface area contributed by atoms with Gasteiger partial charge >= 0.3 is 6.03 Å². The molecule has 1 unspecified atom stereocenters. The van der Waals surface area contributed by atoms with Gasteiger partial charge in [-0.2, -0.15) is 5.10 Å². The maximum absolute atomic E-state index is 12.5. The van der Waals surface area contributed by atoms with Crippen molar-refractivity contribution in [2.24, 2.45) is 0 Å². The summed E-state index contributed by atoms with van der Waals surface area (Å²) in [5.74, 6) is 0.417. The van der Waals surface area contributed by atoms with E-state index < -0.39 is 13.0 Å². The van der Waals surface area contributed by atoms with Gasteiger partial charge in [0.05, 0.1) is 11.6 Å². The van der Waals surface area contributed by atoms with Crippen molar-refractivity contribution >= 4 is 17.4 Å². The number of carbonyl (C=O) groups excluding carboxylic acids is 1. The van der Waals surface area contributed by atoms with Crippen LogP contribution in [0.4, 0.5) is 13.6 Å². The highest BCUT2D eigenvalue weighted by atomic mass is 32.1. The summed E-state index contributed by atoms with van der Waals surface area (Å²) in [6.07, 6.45) is 0.489. The van der Waals surface area contributed by atoms with Crippen LogP contribution in [0.15, 0.2) is 12.5 Å². The number of alkyl halides is 2. The minimum Gasteiger partial charge on any atom is -0.337 e. The van der Waals surface area contributed by atoms with E-state index in [1.165, 1.54) is 11.2 Å². The fraction of sp³-hybridized carbons (Fsp3) is 0.571. The van der Waals surface area contributed by atoms with E-state index in [1.807, 2.05) is 13.8 Å². The first-order valence-electron chi connectivity index (χ1n) is 7.43. The minimum atomic E-state index is -2.52. The van der Waals surface area contributed by atoms with E-state index in [2.05, 4.69) is 20.4 Å². The second-order valence-electron chi connectivity index (χ2n) is 5.50. The van der Waals surface area contributed by atoms with Gasteiger partial charge in [0.1, 0.15) is 18.7 Å². The van der Waals surface area contributed by atoms with Gasteiger partial charge in [-0.05, 0) is 6.92 Å². The molecule has 0 aliphatic carbocycles. The maximum Gasteiger partial charge on any atom is 0.317 e. The van der Waals surface area contributed by atoms with E-state index in [1.54, 1.807) is 24.6 Å². The highest BCUT2D eigenvalue weighted by molar-refractivity contribution is 7.11. The second kappa shape index (κ2) is 8.13. The van der Waals surface area contributed by atoms with Crippen LogP contribution in [0.25, 0.3) is 0 Å². The molecule has 1 N–H and O–H groups in total. The molecule has 0 bridgehead atoms. The SMILES string of the molecule is Cc1cnc(C(C)CNC(=O)N(C)Cc2ncnn2CC(F)F)s1. The molecular formula is C14H20F2N6OS. The summed E-state index contributed by atoms with van der Waals surface area (Å²) in [6, 6.07) is -0.304. The molecule has 0 aliphatic rings. The van der Waals surface area contributed by atoms with Crippen molar-refractivity contribution in [3.8, 4) is 0 Å². The molecule has 1 atom stereocenters. The van der Waals surface area contributed by atoms with Gasteiger partial charge in [-0.15, -0.1) is 11.3 Å². The Hall–Kier alpha value is -2.10. The molecule has 0 saturated heterocycles. The molecule has 7 nitrogen and oxygen atoms in total. The molecule has 24 heavy (non-hydrogen) atoms. The molecule has 2 amide bonds. The van der Waals surface area contributed by atoms with Crippen molar-refractivity contribution in [2.75, 3.05) is 13.6 Å². The van der Waals surface area contributed by atoms with Gasteiger partial charge in [0.15, 0.2) is 0 Å². The number of nitrogens with one attached hydrogen (secondary N) is 1. The van der Waals surface area contributed by atoms with Crippen molar-refractivity contribution in [3.63, 3.8) is 0 Å². The first kappa shape index (κ1) is 18.2. The number of amides is 2. The predicted molar refractivity (Wildman–Crippen MR) is 86.2 cm³/mol. The molecule has 2 aromatic heterocycles. The predicted octanol–water partition coefficient (Wildman–Crippen LogP) is 2.25. The summed E-state index contributed by atoms with van der Waals surface area (Å²) in [7, 11) is 1.58. The van der Waals surface area contributed by atoms with E-state index in [4.69, 9.17) is 0 Å². The van der Waals surface area contributed by atoms with Crippen LogP contribution in [0.5, 0.6) is 0 Å². The third-order valence-corrected chi connectivity index (χ3v) is 4.50. The molecule has 132 valence electrons. The van der Waals surface area contributed by atoms with Crippen LogP contribution in [0.3, 0.4) is 0 Å². The van der Waals surface area contributed by atoms with Crippen molar-refractivity contribution in [3.05, 3.63) is 28.2 Å². The Bertz CT molecular complexity index is 674. The number of hydrogen-bond donors (Lipinski definition) is 1. The second-order valence-corrected chi connectivity index (χ2v) is 6.77. The average Bonchev–Trinajstić information content (AvgIpc) is 3.13. The first-order chi connectivity index (χ1) is 11.4. The Morgan fingerprint density at radius 1 is 1.46 bits per heavy atom. The fourth-order valence-corrected chi connectivity index (χ4v) is 2.87. The molecule has 2 aromatic rings. The molecular weight excluding hydrogens is 338 g/mol. The Morgan fingerprint density at radius 3 is 2.83 bits per heavy atom. The number of carbonyl (C=O) groups is 1. The normalized spacial score (nSPS) is 12.4. The summed E-state index contributed by atoms with van der Waals surface area (Å²) in [5.41, 5.74) is 0. The standard InChI is InChI=1S/C14H20F2N6OS/c1-9(13-17-5-10(2)24-13)4-18-14(23)21(3)7-12-19-8-20-22(12)6-11(15)16/h5,8-9,11H,4,6-7H2,1-3H3,(H,18,23). The Balaban J connectivity index is 1.85. The van der Waals surface area contributed by atoms with Gasteiger partial charge in [-0.3, -0.25) is 0 Å².